The molecule has 0 saturated heterocycles. The number of benzene rings is 1. The predicted octanol–water partition coefficient (Wildman–Crippen LogP) is 1.40. The number of rotatable bonds is 8. The van der Waals surface area contributed by atoms with Gasteiger partial charge in [-0.3, -0.25) is 0 Å². The molecule has 0 fully saturated rings. The molecule has 0 aliphatic carbocycles. The minimum absolute atomic E-state index is 0.109. The van der Waals surface area contributed by atoms with E-state index in [0.29, 0.717) is 12.0 Å². The monoisotopic (exact) mass is 315 g/mol. The van der Waals surface area contributed by atoms with Crippen molar-refractivity contribution in [3.8, 4) is 0 Å². The normalized spacial score (nSPS) is 11.3. The number of nitrogens with two attached hydrogens (primary N) is 1. The Morgan fingerprint density at radius 2 is 2.00 bits per heavy atom. The Kier molecular flexibility index (Phi) is 6.64. The molecule has 0 heterocycles. The molecule has 0 radical (unpaired) electrons. The predicted molar refractivity (Wildman–Crippen MR) is 80.8 cm³/mol. The Bertz CT molecular complexity index is 583. The summed E-state index contributed by atoms with van der Waals surface area (Å²) in [5.41, 5.74) is 6.50. The Balaban J connectivity index is 3.02. The maximum atomic E-state index is 12.0. The summed E-state index contributed by atoms with van der Waals surface area (Å²) in [6.45, 7) is 2.25. The van der Waals surface area contributed by atoms with Gasteiger partial charge in [-0.25, -0.2) is 13.2 Å². The topological polar surface area (TPSA) is 95.7 Å². The molecule has 1 aromatic rings. The molecule has 21 heavy (non-hydrogen) atoms. The van der Waals surface area contributed by atoms with Crippen molar-refractivity contribution in [1.29, 1.82) is 0 Å². The van der Waals surface area contributed by atoms with Crippen LogP contribution < -0.4 is 5.73 Å². The molecule has 0 amide bonds. The lowest BCUT2D eigenvalue weighted by atomic mass is 10.1. The van der Waals surface area contributed by atoms with Crippen LogP contribution in [0.1, 0.15) is 29.3 Å². The lowest BCUT2D eigenvalue weighted by Crippen LogP contribution is -2.17. The average Bonchev–Trinajstić information content (AvgIpc) is 2.42. The first-order valence-electron chi connectivity index (χ1n) is 6.65. The van der Waals surface area contributed by atoms with Gasteiger partial charge in [0.2, 0.25) is 0 Å². The second-order valence-corrected chi connectivity index (χ2v) is 6.79. The number of esters is 1. The smallest absolute Gasteiger partial charge is 0.340 e. The van der Waals surface area contributed by atoms with E-state index in [1.165, 1.54) is 7.11 Å². The first-order valence-corrected chi connectivity index (χ1v) is 8.47. The zero-order chi connectivity index (χ0) is 15.9. The van der Waals surface area contributed by atoms with E-state index >= 15 is 0 Å². The summed E-state index contributed by atoms with van der Waals surface area (Å²) >= 11 is 0. The first-order chi connectivity index (χ1) is 9.91. The fourth-order valence-electron chi connectivity index (χ4n) is 1.78. The molecular formula is C14H21NO5S. The van der Waals surface area contributed by atoms with E-state index in [9.17, 15) is 13.2 Å². The summed E-state index contributed by atoms with van der Waals surface area (Å²) in [6.07, 6.45) is 0.681. The van der Waals surface area contributed by atoms with Crippen LogP contribution in [0.5, 0.6) is 0 Å². The van der Waals surface area contributed by atoms with Gasteiger partial charge in [-0.1, -0.05) is 19.1 Å². The molecular weight excluding hydrogens is 294 g/mol. The van der Waals surface area contributed by atoms with Crippen LogP contribution in [0.15, 0.2) is 18.2 Å². The van der Waals surface area contributed by atoms with Crippen LogP contribution in [0.4, 0.5) is 5.69 Å². The fourth-order valence-corrected chi connectivity index (χ4v) is 3.05. The summed E-state index contributed by atoms with van der Waals surface area (Å²) in [6, 6.07) is 4.74. The van der Waals surface area contributed by atoms with Gasteiger partial charge >= 0.3 is 5.97 Å². The Labute approximate surface area is 125 Å². The molecule has 0 saturated carbocycles. The molecule has 7 heteroatoms. The van der Waals surface area contributed by atoms with Crippen molar-refractivity contribution in [3.05, 3.63) is 29.3 Å². The molecule has 2 N–H and O–H groups in total. The largest absolute Gasteiger partial charge is 0.462 e. The molecule has 0 atom stereocenters. The van der Waals surface area contributed by atoms with E-state index in [2.05, 4.69) is 0 Å². The van der Waals surface area contributed by atoms with Gasteiger partial charge < -0.3 is 15.2 Å². The minimum atomic E-state index is -3.38. The van der Waals surface area contributed by atoms with Crippen LogP contribution in [0.2, 0.25) is 0 Å². The van der Waals surface area contributed by atoms with Crippen molar-refractivity contribution >= 4 is 21.5 Å². The number of ether oxygens (including phenoxy) is 2. The second kappa shape index (κ2) is 7.99. The molecule has 6 nitrogen and oxygen atoms in total. The lowest BCUT2D eigenvalue weighted by Gasteiger charge is -2.12. The summed E-state index contributed by atoms with van der Waals surface area (Å²) in [4.78, 5) is 12.0. The number of sulfone groups is 1. The van der Waals surface area contributed by atoms with Gasteiger partial charge in [0, 0.05) is 12.8 Å². The maximum absolute atomic E-state index is 12.0. The zero-order valence-electron chi connectivity index (χ0n) is 12.3. The standard InChI is InChI=1S/C14H21NO5S/c1-3-7-20-14(16)13-11(5-4-6-12(13)15)10-21(17,18)9-8-19-2/h4-6H,3,7-10,15H2,1-2H3. The van der Waals surface area contributed by atoms with Gasteiger partial charge in [-0.05, 0) is 18.1 Å². The highest BCUT2D eigenvalue weighted by Crippen LogP contribution is 2.21. The first kappa shape index (κ1) is 17.5. The quantitative estimate of drug-likeness (QED) is 0.575. The van der Waals surface area contributed by atoms with Crippen LogP contribution in [-0.2, 0) is 25.1 Å². The number of anilines is 1. The SMILES string of the molecule is CCCOC(=O)c1c(N)cccc1CS(=O)(=O)CCOC. The number of hydrogen-bond acceptors (Lipinski definition) is 6. The van der Waals surface area contributed by atoms with Gasteiger partial charge in [0.05, 0.1) is 30.3 Å². The fraction of sp³-hybridized carbons (Fsp3) is 0.500. The summed E-state index contributed by atoms with van der Waals surface area (Å²) in [5.74, 6) is -0.966. The molecule has 1 rings (SSSR count). The molecule has 118 valence electrons. The molecule has 1 aromatic carbocycles. The van der Waals surface area contributed by atoms with Gasteiger partial charge in [-0.15, -0.1) is 0 Å². The second-order valence-electron chi connectivity index (χ2n) is 4.60. The Morgan fingerprint density at radius 3 is 2.62 bits per heavy atom. The van der Waals surface area contributed by atoms with Crippen molar-refractivity contribution in [2.24, 2.45) is 0 Å². The highest BCUT2D eigenvalue weighted by Gasteiger charge is 2.21. The van der Waals surface area contributed by atoms with Crippen LogP contribution in [0, 0.1) is 0 Å². The molecule has 0 aliphatic heterocycles. The summed E-state index contributed by atoms with van der Waals surface area (Å²) < 4.78 is 33.8. The van der Waals surface area contributed by atoms with Gasteiger partial charge in [0.15, 0.2) is 9.84 Å². The van der Waals surface area contributed by atoms with Crippen molar-refractivity contribution in [1.82, 2.24) is 0 Å². The summed E-state index contributed by atoms with van der Waals surface area (Å²) in [5, 5.41) is 0. The van der Waals surface area contributed by atoms with E-state index in [-0.39, 0.29) is 36.0 Å². The van der Waals surface area contributed by atoms with Gasteiger partial charge in [-0.2, -0.15) is 0 Å². The van der Waals surface area contributed by atoms with Crippen molar-refractivity contribution in [3.63, 3.8) is 0 Å². The van der Waals surface area contributed by atoms with Crippen LogP contribution in [0.25, 0.3) is 0 Å². The molecule has 0 unspecified atom stereocenters. The molecule has 0 spiro atoms. The number of hydrogen-bond donors (Lipinski definition) is 1. The summed E-state index contributed by atoms with van der Waals surface area (Å²) in [7, 11) is -1.94. The van der Waals surface area contributed by atoms with E-state index in [4.69, 9.17) is 15.2 Å². The van der Waals surface area contributed by atoms with E-state index < -0.39 is 15.8 Å². The third kappa shape index (κ3) is 5.35. The molecule has 0 aromatic heterocycles. The number of carbonyl (C=O) groups is 1. The number of carbonyl (C=O) groups excluding carboxylic acids is 1. The van der Waals surface area contributed by atoms with Gasteiger partial charge in [0.1, 0.15) is 0 Å². The van der Waals surface area contributed by atoms with Crippen molar-refractivity contribution in [2.75, 3.05) is 31.8 Å². The highest BCUT2D eigenvalue weighted by molar-refractivity contribution is 7.90. The van der Waals surface area contributed by atoms with Gasteiger partial charge in [0.25, 0.3) is 0 Å². The number of methoxy groups -OCH3 is 1. The van der Waals surface area contributed by atoms with Crippen LogP contribution in [0.3, 0.4) is 0 Å². The third-order valence-electron chi connectivity index (χ3n) is 2.80. The van der Waals surface area contributed by atoms with Crippen molar-refractivity contribution in [2.45, 2.75) is 19.1 Å². The van der Waals surface area contributed by atoms with E-state index in [1.54, 1.807) is 18.2 Å². The van der Waals surface area contributed by atoms with Crippen molar-refractivity contribution < 1.29 is 22.7 Å². The van der Waals surface area contributed by atoms with Crippen LogP contribution in [-0.4, -0.2) is 40.5 Å². The maximum Gasteiger partial charge on any atom is 0.340 e. The Morgan fingerprint density at radius 1 is 1.29 bits per heavy atom. The zero-order valence-corrected chi connectivity index (χ0v) is 13.1. The van der Waals surface area contributed by atoms with Crippen LogP contribution >= 0.6 is 0 Å². The minimum Gasteiger partial charge on any atom is -0.462 e. The van der Waals surface area contributed by atoms with E-state index in [0.717, 1.165) is 0 Å². The third-order valence-corrected chi connectivity index (χ3v) is 4.34. The lowest BCUT2D eigenvalue weighted by molar-refractivity contribution is 0.0505. The molecule has 0 bridgehead atoms. The Hall–Kier alpha value is -1.60. The van der Waals surface area contributed by atoms with E-state index in [1.807, 2.05) is 6.92 Å². The highest BCUT2D eigenvalue weighted by atomic mass is 32.2. The number of nitrogen functional groups attached to an aromatic ring is 1. The molecule has 0 aliphatic rings. The average molecular weight is 315 g/mol.